The zero-order valence-electron chi connectivity index (χ0n) is 15.2. The Hall–Kier alpha value is -2.31. The number of hydrogen-bond donors (Lipinski definition) is 1. The third-order valence-corrected chi connectivity index (χ3v) is 5.15. The van der Waals surface area contributed by atoms with Crippen LogP contribution >= 0.6 is 23.4 Å². The van der Waals surface area contributed by atoms with Crippen molar-refractivity contribution in [3.8, 4) is 0 Å². The van der Waals surface area contributed by atoms with Crippen LogP contribution in [0.3, 0.4) is 0 Å². The van der Waals surface area contributed by atoms with E-state index in [1.54, 1.807) is 34.9 Å². The van der Waals surface area contributed by atoms with Crippen LogP contribution in [0.15, 0.2) is 52.2 Å². The number of nitrogens with one attached hydrogen (secondary N) is 1. The van der Waals surface area contributed by atoms with Gasteiger partial charge in [-0.1, -0.05) is 18.5 Å². The van der Waals surface area contributed by atoms with Gasteiger partial charge < -0.3 is 9.88 Å². The second kappa shape index (κ2) is 8.59. The molecule has 3 rings (SSSR count). The van der Waals surface area contributed by atoms with Crippen molar-refractivity contribution >= 4 is 40.2 Å². The Morgan fingerprint density at radius 3 is 2.63 bits per heavy atom. The molecule has 7 heteroatoms. The number of aromatic amines is 1. The van der Waals surface area contributed by atoms with Crippen molar-refractivity contribution in [1.82, 2.24) is 14.9 Å². The zero-order valence-corrected chi connectivity index (χ0v) is 16.7. The lowest BCUT2D eigenvalue weighted by atomic mass is 10.2. The third kappa shape index (κ3) is 4.51. The lowest BCUT2D eigenvalue weighted by Crippen LogP contribution is -2.32. The summed E-state index contributed by atoms with van der Waals surface area (Å²) in [6.45, 7) is 2.81. The van der Waals surface area contributed by atoms with Gasteiger partial charge >= 0.3 is 0 Å². The Kier molecular flexibility index (Phi) is 6.19. The van der Waals surface area contributed by atoms with Gasteiger partial charge in [0.2, 0.25) is 0 Å². The number of carbonyl (C=O) groups is 1. The largest absolute Gasteiger partial charge is 0.331 e. The normalized spacial score (nSPS) is 10.9. The molecule has 0 unspecified atom stereocenters. The van der Waals surface area contributed by atoms with Gasteiger partial charge in [-0.2, -0.15) is 0 Å². The summed E-state index contributed by atoms with van der Waals surface area (Å²) in [5, 5.41) is 0.992. The molecule has 2 aromatic carbocycles. The summed E-state index contributed by atoms with van der Waals surface area (Å²) in [6.07, 6.45) is 2.80. The first-order chi connectivity index (χ1) is 13.0. The molecular weight excluding hydrogens is 382 g/mol. The number of fused-ring (bicyclic) bond motifs is 1. The molecule has 0 aliphatic carbocycles. The molecule has 0 saturated carbocycles. The summed E-state index contributed by atoms with van der Waals surface area (Å²) in [7, 11) is 0. The zero-order chi connectivity index (χ0) is 19.4. The van der Waals surface area contributed by atoms with E-state index in [-0.39, 0.29) is 18.0 Å². The molecule has 5 nitrogen and oxygen atoms in total. The van der Waals surface area contributed by atoms with Crippen LogP contribution in [0, 0.1) is 0 Å². The number of nitrogens with zero attached hydrogens (tertiary/aromatic N) is 2. The highest BCUT2D eigenvalue weighted by atomic mass is 35.5. The molecule has 27 heavy (non-hydrogen) atoms. The fourth-order valence-corrected chi connectivity index (χ4v) is 3.43. The number of rotatable bonds is 6. The molecule has 140 valence electrons. The SMILES string of the molecule is CCCN(Cc1nc2cc(Cl)ccc2c(=O)[nH]1)C(=O)c1ccc(SC)cc1. The van der Waals surface area contributed by atoms with E-state index < -0.39 is 0 Å². The summed E-state index contributed by atoms with van der Waals surface area (Å²) in [5.74, 6) is 0.357. The molecular formula is C20H20ClN3O2S. The molecule has 0 fully saturated rings. The third-order valence-electron chi connectivity index (χ3n) is 4.18. The van der Waals surface area contributed by atoms with Crippen LogP contribution in [-0.2, 0) is 6.54 Å². The maximum absolute atomic E-state index is 12.9. The van der Waals surface area contributed by atoms with Crippen LogP contribution in [0.5, 0.6) is 0 Å². The fourth-order valence-electron chi connectivity index (χ4n) is 2.86. The maximum Gasteiger partial charge on any atom is 0.258 e. The van der Waals surface area contributed by atoms with Crippen molar-refractivity contribution in [3.05, 3.63) is 69.2 Å². The summed E-state index contributed by atoms with van der Waals surface area (Å²) < 4.78 is 0. The predicted octanol–water partition coefficient (Wildman–Crippen LogP) is 4.35. The highest BCUT2D eigenvalue weighted by Crippen LogP contribution is 2.18. The standard InChI is InChI=1S/C20H20ClN3O2S/c1-3-10-24(20(26)13-4-7-15(27-2)8-5-13)12-18-22-17-11-14(21)6-9-16(17)19(25)23-18/h4-9,11H,3,10,12H2,1-2H3,(H,22,23,25). The molecule has 0 radical (unpaired) electrons. The van der Waals surface area contributed by atoms with E-state index in [2.05, 4.69) is 9.97 Å². The Labute approximate surface area is 166 Å². The molecule has 1 N–H and O–H groups in total. The Balaban J connectivity index is 1.90. The average molecular weight is 402 g/mol. The fraction of sp³-hybridized carbons (Fsp3) is 0.250. The molecule has 1 amide bonds. The topological polar surface area (TPSA) is 66.1 Å². The molecule has 0 aliphatic heterocycles. The predicted molar refractivity (Wildman–Crippen MR) is 111 cm³/mol. The van der Waals surface area contributed by atoms with Gasteiger partial charge in [0.15, 0.2) is 0 Å². The molecule has 1 heterocycles. The minimum atomic E-state index is -0.236. The quantitative estimate of drug-likeness (QED) is 0.623. The number of aromatic nitrogens is 2. The van der Waals surface area contributed by atoms with Gasteiger partial charge in [-0.3, -0.25) is 9.59 Å². The van der Waals surface area contributed by atoms with Crippen LogP contribution in [0.4, 0.5) is 0 Å². The summed E-state index contributed by atoms with van der Waals surface area (Å²) in [4.78, 5) is 35.3. The maximum atomic E-state index is 12.9. The highest BCUT2D eigenvalue weighted by Gasteiger charge is 2.17. The van der Waals surface area contributed by atoms with E-state index in [4.69, 9.17) is 11.6 Å². The Bertz CT molecular complexity index is 1020. The van der Waals surface area contributed by atoms with Crippen LogP contribution in [0.2, 0.25) is 5.02 Å². The van der Waals surface area contributed by atoms with Gasteiger partial charge in [-0.15, -0.1) is 11.8 Å². The first-order valence-electron chi connectivity index (χ1n) is 8.63. The second-order valence-corrected chi connectivity index (χ2v) is 7.45. The lowest BCUT2D eigenvalue weighted by molar-refractivity contribution is 0.0739. The van der Waals surface area contributed by atoms with Gasteiger partial charge in [0, 0.05) is 22.0 Å². The minimum Gasteiger partial charge on any atom is -0.331 e. The van der Waals surface area contributed by atoms with E-state index in [9.17, 15) is 9.59 Å². The van der Waals surface area contributed by atoms with Gasteiger partial charge in [0.1, 0.15) is 5.82 Å². The summed E-state index contributed by atoms with van der Waals surface area (Å²) in [5.41, 5.74) is 0.904. The van der Waals surface area contributed by atoms with E-state index in [0.29, 0.717) is 33.9 Å². The molecule has 0 bridgehead atoms. The number of benzene rings is 2. The lowest BCUT2D eigenvalue weighted by Gasteiger charge is -2.22. The molecule has 0 saturated heterocycles. The number of H-pyrrole nitrogens is 1. The first kappa shape index (κ1) is 19.5. The van der Waals surface area contributed by atoms with Gasteiger partial charge in [-0.05, 0) is 55.1 Å². The highest BCUT2D eigenvalue weighted by molar-refractivity contribution is 7.98. The second-order valence-electron chi connectivity index (χ2n) is 6.13. The van der Waals surface area contributed by atoms with E-state index in [1.165, 1.54) is 0 Å². The number of amides is 1. The van der Waals surface area contributed by atoms with Gasteiger partial charge in [0.05, 0.1) is 17.4 Å². The Morgan fingerprint density at radius 2 is 1.96 bits per heavy atom. The number of carbonyl (C=O) groups excluding carboxylic acids is 1. The summed E-state index contributed by atoms with van der Waals surface area (Å²) in [6, 6.07) is 12.5. The van der Waals surface area contributed by atoms with Crippen molar-refractivity contribution in [2.75, 3.05) is 12.8 Å². The van der Waals surface area contributed by atoms with E-state index in [1.807, 2.05) is 37.4 Å². The monoisotopic (exact) mass is 401 g/mol. The van der Waals surface area contributed by atoms with Crippen molar-refractivity contribution in [3.63, 3.8) is 0 Å². The van der Waals surface area contributed by atoms with Crippen molar-refractivity contribution < 1.29 is 4.79 Å². The van der Waals surface area contributed by atoms with Crippen molar-refractivity contribution in [1.29, 1.82) is 0 Å². The van der Waals surface area contributed by atoms with Crippen LogP contribution < -0.4 is 5.56 Å². The molecule has 0 aliphatic rings. The van der Waals surface area contributed by atoms with Crippen molar-refractivity contribution in [2.45, 2.75) is 24.8 Å². The molecule has 1 aromatic heterocycles. The first-order valence-corrected chi connectivity index (χ1v) is 10.2. The van der Waals surface area contributed by atoms with Crippen LogP contribution in [0.1, 0.15) is 29.5 Å². The Morgan fingerprint density at radius 1 is 1.22 bits per heavy atom. The molecule has 0 spiro atoms. The molecule has 0 atom stereocenters. The summed E-state index contributed by atoms with van der Waals surface area (Å²) >= 11 is 7.64. The van der Waals surface area contributed by atoms with E-state index >= 15 is 0 Å². The number of halogens is 1. The van der Waals surface area contributed by atoms with Gasteiger partial charge in [0.25, 0.3) is 11.5 Å². The minimum absolute atomic E-state index is 0.0849. The van der Waals surface area contributed by atoms with E-state index in [0.717, 1.165) is 11.3 Å². The number of thioether (sulfide) groups is 1. The van der Waals surface area contributed by atoms with Crippen molar-refractivity contribution in [2.24, 2.45) is 0 Å². The number of hydrogen-bond acceptors (Lipinski definition) is 4. The molecule has 3 aromatic rings. The van der Waals surface area contributed by atoms with Crippen LogP contribution in [0.25, 0.3) is 10.9 Å². The van der Waals surface area contributed by atoms with Crippen LogP contribution in [-0.4, -0.2) is 33.6 Å². The average Bonchev–Trinajstić information content (AvgIpc) is 2.67. The van der Waals surface area contributed by atoms with Gasteiger partial charge in [-0.25, -0.2) is 4.98 Å². The smallest absolute Gasteiger partial charge is 0.258 e.